The van der Waals surface area contributed by atoms with Crippen LogP contribution < -0.4 is 0 Å². The van der Waals surface area contributed by atoms with Crippen molar-refractivity contribution in [1.29, 1.82) is 0 Å². The highest BCUT2D eigenvalue weighted by molar-refractivity contribution is 5.85. The van der Waals surface area contributed by atoms with Crippen LogP contribution in [0.5, 0.6) is 0 Å². The maximum atomic E-state index is 11.9. The molecule has 11 nitrogen and oxygen atoms in total. The molecule has 2 aromatic carbocycles. The Labute approximate surface area is 205 Å². The van der Waals surface area contributed by atoms with Crippen LogP contribution in [0.1, 0.15) is 24.6 Å². The molecule has 2 aromatic heterocycles. The molecule has 0 aliphatic heterocycles. The van der Waals surface area contributed by atoms with E-state index >= 15 is 0 Å². The van der Waals surface area contributed by atoms with E-state index < -0.39 is 30.9 Å². The molecule has 4 aromatic rings. The molecule has 0 radical (unpaired) electrons. The highest BCUT2D eigenvalue weighted by Gasteiger charge is 2.15. The SMILES string of the molecule is O=C(COC(=O)CCc1nc(-c2ccccc2)no1)COC(=O)CCc1nc(-c2ccccc2)no1. The fourth-order valence-electron chi connectivity index (χ4n) is 3.05. The smallest absolute Gasteiger partial charge is 0.306 e. The number of esters is 2. The Morgan fingerprint density at radius 2 is 1.06 bits per heavy atom. The Bertz CT molecular complexity index is 1200. The van der Waals surface area contributed by atoms with Gasteiger partial charge in [0.25, 0.3) is 0 Å². The first-order valence-corrected chi connectivity index (χ1v) is 11.2. The predicted molar refractivity (Wildman–Crippen MR) is 123 cm³/mol. The number of carbonyl (C=O) groups excluding carboxylic acids is 3. The average Bonchev–Trinajstić information content (AvgIpc) is 3.59. The van der Waals surface area contributed by atoms with Gasteiger partial charge in [-0.25, -0.2) is 0 Å². The number of nitrogens with zero attached hydrogens (tertiary/aromatic N) is 4. The summed E-state index contributed by atoms with van der Waals surface area (Å²) in [6.07, 6.45) is 0.254. The van der Waals surface area contributed by atoms with E-state index in [0.717, 1.165) is 11.1 Å². The second kappa shape index (κ2) is 12.2. The molecule has 36 heavy (non-hydrogen) atoms. The number of hydrogen-bond donors (Lipinski definition) is 0. The van der Waals surface area contributed by atoms with E-state index in [2.05, 4.69) is 20.3 Å². The first kappa shape index (κ1) is 24.5. The van der Waals surface area contributed by atoms with Gasteiger partial charge in [-0.05, 0) is 0 Å². The van der Waals surface area contributed by atoms with Crippen LogP contribution in [0.15, 0.2) is 69.7 Å². The monoisotopic (exact) mass is 490 g/mol. The standard InChI is InChI=1S/C25H22N4O7/c30-19(15-33-22(31)13-11-20-26-24(28-35-20)17-7-3-1-4-8-17)16-34-23(32)14-12-21-27-25(29-36-21)18-9-5-2-6-10-18/h1-10H,11-16H2. The van der Waals surface area contributed by atoms with Gasteiger partial charge < -0.3 is 18.5 Å². The Hall–Kier alpha value is -4.67. The van der Waals surface area contributed by atoms with Crippen LogP contribution >= 0.6 is 0 Å². The van der Waals surface area contributed by atoms with E-state index in [9.17, 15) is 14.4 Å². The third-order valence-electron chi connectivity index (χ3n) is 4.87. The van der Waals surface area contributed by atoms with Gasteiger partial charge in [-0.1, -0.05) is 71.0 Å². The van der Waals surface area contributed by atoms with Crippen molar-refractivity contribution in [3.8, 4) is 22.8 Å². The number of rotatable bonds is 12. The molecule has 184 valence electrons. The molecule has 0 atom stereocenters. The number of aryl methyl sites for hydroxylation is 2. The summed E-state index contributed by atoms with van der Waals surface area (Å²) in [4.78, 5) is 44.1. The summed E-state index contributed by atoms with van der Waals surface area (Å²) in [6.45, 7) is -1.01. The van der Waals surface area contributed by atoms with E-state index in [1.165, 1.54) is 0 Å². The quantitative estimate of drug-likeness (QED) is 0.270. The van der Waals surface area contributed by atoms with Crippen LogP contribution in [0.2, 0.25) is 0 Å². The first-order chi connectivity index (χ1) is 17.6. The van der Waals surface area contributed by atoms with E-state index in [1.807, 2.05) is 60.7 Å². The Morgan fingerprint density at radius 1 is 0.639 bits per heavy atom. The van der Waals surface area contributed by atoms with Crippen LogP contribution in [0.25, 0.3) is 22.8 Å². The van der Waals surface area contributed by atoms with Gasteiger partial charge >= 0.3 is 11.9 Å². The Morgan fingerprint density at radius 3 is 1.47 bits per heavy atom. The molecular formula is C25H22N4O7. The van der Waals surface area contributed by atoms with Gasteiger partial charge in [0, 0.05) is 24.0 Å². The second-order valence-electron chi connectivity index (χ2n) is 7.62. The number of aromatic nitrogens is 4. The van der Waals surface area contributed by atoms with Crippen molar-refractivity contribution in [3.63, 3.8) is 0 Å². The van der Waals surface area contributed by atoms with Crippen LogP contribution in [0, 0.1) is 0 Å². The molecule has 11 heteroatoms. The third kappa shape index (κ3) is 7.16. The zero-order valence-electron chi connectivity index (χ0n) is 19.2. The molecule has 4 rings (SSSR count). The topological polar surface area (TPSA) is 148 Å². The van der Waals surface area contributed by atoms with Crippen molar-refractivity contribution in [2.24, 2.45) is 0 Å². The normalized spacial score (nSPS) is 10.7. The summed E-state index contributed by atoms with van der Waals surface area (Å²) in [5.41, 5.74) is 1.59. The van der Waals surface area contributed by atoms with Gasteiger partial charge in [-0.15, -0.1) is 0 Å². The third-order valence-corrected chi connectivity index (χ3v) is 4.87. The molecule has 0 fully saturated rings. The number of carbonyl (C=O) groups is 3. The highest BCUT2D eigenvalue weighted by atomic mass is 16.6. The number of hydrogen-bond acceptors (Lipinski definition) is 11. The number of benzene rings is 2. The van der Waals surface area contributed by atoms with E-state index in [4.69, 9.17) is 18.5 Å². The van der Waals surface area contributed by atoms with Gasteiger partial charge in [-0.2, -0.15) is 9.97 Å². The average molecular weight is 490 g/mol. The zero-order chi connectivity index (χ0) is 25.2. The summed E-state index contributed by atoms with van der Waals surface area (Å²) in [5.74, 6) is -0.366. The van der Waals surface area contributed by atoms with Crippen molar-refractivity contribution >= 4 is 17.7 Å². The summed E-state index contributed by atoms with van der Waals surface area (Å²) in [6, 6.07) is 18.5. The van der Waals surface area contributed by atoms with Crippen molar-refractivity contribution in [2.75, 3.05) is 13.2 Å². The molecule has 0 amide bonds. The first-order valence-electron chi connectivity index (χ1n) is 11.2. The minimum absolute atomic E-state index is 0.0430. The van der Waals surface area contributed by atoms with Crippen molar-refractivity contribution < 1.29 is 32.9 Å². The highest BCUT2D eigenvalue weighted by Crippen LogP contribution is 2.16. The molecule has 0 bridgehead atoms. The lowest BCUT2D eigenvalue weighted by molar-refractivity contribution is -0.153. The zero-order valence-corrected chi connectivity index (χ0v) is 19.2. The van der Waals surface area contributed by atoms with Crippen molar-refractivity contribution in [2.45, 2.75) is 25.7 Å². The second-order valence-corrected chi connectivity index (χ2v) is 7.62. The van der Waals surface area contributed by atoms with Gasteiger partial charge in [0.05, 0.1) is 12.8 Å². The van der Waals surface area contributed by atoms with E-state index in [-0.39, 0.29) is 37.5 Å². The lowest BCUT2D eigenvalue weighted by Crippen LogP contribution is -2.21. The van der Waals surface area contributed by atoms with Gasteiger partial charge in [-0.3, -0.25) is 14.4 Å². The van der Waals surface area contributed by atoms with Gasteiger partial charge in [0.15, 0.2) is 13.2 Å². The maximum Gasteiger partial charge on any atom is 0.306 e. The number of ether oxygens (including phenoxy) is 2. The molecular weight excluding hydrogens is 468 g/mol. The predicted octanol–water partition coefficient (Wildman–Crippen LogP) is 3.01. The van der Waals surface area contributed by atoms with Crippen molar-refractivity contribution in [3.05, 3.63) is 72.4 Å². The minimum atomic E-state index is -0.611. The number of Topliss-reactive ketones (excluding diaryl/α,β-unsaturated/α-hetero) is 1. The maximum absolute atomic E-state index is 11.9. The summed E-state index contributed by atoms with van der Waals surface area (Å²) in [5, 5.41) is 7.75. The molecule has 2 heterocycles. The van der Waals surface area contributed by atoms with Crippen LogP contribution in [0.3, 0.4) is 0 Å². The summed E-state index contributed by atoms with van der Waals surface area (Å²) in [7, 11) is 0. The molecule has 0 spiro atoms. The van der Waals surface area contributed by atoms with Gasteiger partial charge in [0.2, 0.25) is 29.2 Å². The molecule has 0 unspecified atom stereocenters. The van der Waals surface area contributed by atoms with Crippen LogP contribution in [-0.4, -0.2) is 51.2 Å². The van der Waals surface area contributed by atoms with Gasteiger partial charge in [0.1, 0.15) is 0 Å². The number of ketones is 1. The largest absolute Gasteiger partial charge is 0.458 e. The minimum Gasteiger partial charge on any atom is -0.458 e. The van der Waals surface area contributed by atoms with E-state index in [0.29, 0.717) is 11.6 Å². The molecule has 0 saturated heterocycles. The van der Waals surface area contributed by atoms with Crippen molar-refractivity contribution in [1.82, 2.24) is 20.3 Å². The Kier molecular flexibility index (Phi) is 8.26. The molecule has 0 aliphatic rings. The fourth-order valence-corrected chi connectivity index (χ4v) is 3.05. The Balaban J connectivity index is 1.10. The summed E-state index contributed by atoms with van der Waals surface area (Å²) >= 11 is 0. The molecule has 0 saturated carbocycles. The van der Waals surface area contributed by atoms with E-state index in [1.54, 1.807) is 0 Å². The summed E-state index contributed by atoms with van der Waals surface area (Å²) < 4.78 is 20.1. The lowest BCUT2D eigenvalue weighted by Gasteiger charge is -2.05. The molecule has 0 N–H and O–H groups in total. The molecule has 0 aliphatic carbocycles. The van der Waals surface area contributed by atoms with Crippen LogP contribution in [0.4, 0.5) is 0 Å². The lowest BCUT2D eigenvalue weighted by atomic mass is 10.2. The fraction of sp³-hybridized carbons (Fsp3) is 0.240. The van der Waals surface area contributed by atoms with Crippen LogP contribution in [-0.2, 0) is 36.7 Å².